The molecule has 0 N–H and O–H groups in total. The first-order valence-corrected chi connectivity index (χ1v) is 9.46. The Balaban J connectivity index is 1.49. The molecule has 0 aliphatic carbocycles. The maximum atomic E-state index is 12.2. The van der Waals surface area contributed by atoms with E-state index in [1.54, 1.807) is 24.3 Å². The molecule has 3 aromatic rings. The predicted molar refractivity (Wildman–Crippen MR) is 101 cm³/mol. The Kier molecular flexibility index (Phi) is 6.30. The summed E-state index contributed by atoms with van der Waals surface area (Å²) < 4.78 is 11.0. The van der Waals surface area contributed by atoms with E-state index in [4.69, 9.17) is 20.8 Å². The number of Topliss-reactive ketones (excluding diaryl/α,β-unsaturated/α-hetero) is 1. The number of nitrogens with zero attached hydrogens (tertiary/aromatic N) is 2. The molecule has 26 heavy (non-hydrogen) atoms. The lowest BCUT2D eigenvalue weighted by Crippen LogP contribution is -2.02. The fourth-order valence-electron chi connectivity index (χ4n) is 2.17. The summed E-state index contributed by atoms with van der Waals surface area (Å²) in [4.78, 5) is 12.2. The van der Waals surface area contributed by atoms with Crippen molar-refractivity contribution in [2.45, 2.75) is 25.2 Å². The molecular formula is C19H17ClN2O3S. The fourth-order valence-corrected chi connectivity index (χ4v) is 2.97. The van der Waals surface area contributed by atoms with Crippen LogP contribution in [0, 0.1) is 0 Å². The van der Waals surface area contributed by atoms with E-state index in [2.05, 4.69) is 17.1 Å². The molecule has 0 saturated carbocycles. The Hall–Kier alpha value is -2.31. The van der Waals surface area contributed by atoms with Crippen LogP contribution in [0.25, 0.3) is 0 Å². The zero-order chi connectivity index (χ0) is 18.4. The summed E-state index contributed by atoms with van der Waals surface area (Å²) in [5.41, 5.74) is 1.89. The largest absolute Gasteiger partial charge is 0.484 e. The third kappa shape index (κ3) is 5.09. The molecule has 0 fully saturated rings. The van der Waals surface area contributed by atoms with E-state index in [1.165, 1.54) is 17.3 Å². The lowest BCUT2D eigenvalue weighted by Gasteiger charge is -2.02. The highest BCUT2D eigenvalue weighted by Crippen LogP contribution is 2.20. The number of hydrogen-bond acceptors (Lipinski definition) is 6. The second-order valence-corrected chi connectivity index (χ2v) is 6.83. The van der Waals surface area contributed by atoms with Crippen LogP contribution in [0.4, 0.5) is 0 Å². The molecule has 0 unspecified atom stereocenters. The molecule has 1 heterocycles. The minimum absolute atomic E-state index is 0.0230. The molecule has 5 nitrogen and oxygen atoms in total. The Bertz CT molecular complexity index is 863. The van der Waals surface area contributed by atoms with Crippen LogP contribution in [0.5, 0.6) is 5.75 Å². The summed E-state index contributed by atoms with van der Waals surface area (Å²) in [6.07, 6.45) is 0.950. The van der Waals surface area contributed by atoms with Gasteiger partial charge in [0.1, 0.15) is 5.75 Å². The normalized spacial score (nSPS) is 10.7. The third-order valence-corrected chi connectivity index (χ3v) is 4.71. The van der Waals surface area contributed by atoms with Crippen LogP contribution in [-0.2, 0) is 13.0 Å². The summed E-state index contributed by atoms with van der Waals surface area (Å²) in [6, 6.07) is 14.6. The van der Waals surface area contributed by atoms with Gasteiger partial charge in [0.15, 0.2) is 12.4 Å². The van der Waals surface area contributed by atoms with E-state index in [1.807, 2.05) is 24.3 Å². The second-order valence-electron chi connectivity index (χ2n) is 5.47. The standard InChI is InChI=1S/C19H17ClN2O3S/c1-2-13-3-5-14(6-4-13)17(23)12-26-19-22-21-18(25-19)11-24-16-9-7-15(20)8-10-16/h3-10H,2,11-12H2,1H3. The number of ether oxygens (including phenoxy) is 1. The highest BCUT2D eigenvalue weighted by Gasteiger charge is 2.12. The van der Waals surface area contributed by atoms with Crippen LogP contribution in [0.3, 0.4) is 0 Å². The lowest BCUT2D eigenvalue weighted by atomic mass is 10.1. The highest BCUT2D eigenvalue weighted by atomic mass is 35.5. The van der Waals surface area contributed by atoms with Crippen molar-refractivity contribution in [1.29, 1.82) is 0 Å². The molecule has 0 atom stereocenters. The van der Waals surface area contributed by atoms with Gasteiger partial charge in [-0.1, -0.05) is 54.6 Å². The highest BCUT2D eigenvalue weighted by molar-refractivity contribution is 7.99. The number of carbonyl (C=O) groups excluding carboxylic acids is 1. The summed E-state index contributed by atoms with van der Waals surface area (Å²) in [5, 5.41) is 8.84. The molecule has 0 saturated heterocycles. The number of hydrogen-bond donors (Lipinski definition) is 0. The molecule has 2 aromatic carbocycles. The van der Waals surface area contributed by atoms with Crippen LogP contribution in [0.1, 0.15) is 28.7 Å². The van der Waals surface area contributed by atoms with E-state index in [0.717, 1.165) is 6.42 Å². The van der Waals surface area contributed by atoms with Crippen molar-refractivity contribution in [3.63, 3.8) is 0 Å². The van der Waals surface area contributed by atoms with Gasteiger partial charge in [-0.25, -0.2) is 0 Å². The smallest absolute Gasteiger partial charge is 0.277 e. The molecule has 0 spiro atoms. The Morgan fingerprint density at radius 1 is 1.12 bits per heavy atom. The van der Waals surface area contributed by atoms with Gasteiger partial charge in [0.2, 0.25) is 0 Å². The van der Waals surface area contributed by atoms with Gasteiger partial charge in [0.05, 0.1) is 5.75 Å². The molecular weight excluding hydrogens is 372 g/mol. The Morgan fingerprint density at radius 3 is 2.54 bits per heavy atom. The number of thioether (sulfide) groups is 1. The molecule has 7 heteroatoms. The third-order valence-electron chi connectivity index (χ3n) is 3.64. The van der Waals surface area contributed by atoms with Crippen molar-refractivity contribution >= 4 is 29.1 Å². The van der Waals surface area contributed by atoms with Crippen LogP contribution in [0.15, 0.2) is 58.2 Å². The molecule has 0 bridgehead atoms. The van der Waals surface area contributed by atoms with Gasteiger partial charge in [-0.3, -0.25) is 4.79 Å². The summed E-state index contributed by atoms with van der Waals surface area (Å²) >= 11 is 7.04. The number of carbonyl (C=O) groups is 1. The zero-order valence-electron chi connectivity index (χ0n) is 14.1. The quantitative estimate of drug-likeness (QED) is 0.406. The first-order valence-electron chi connectivity index (χ1n) is 8.09. The predicted octanol–water partition coefficient (Wildman–Crippen LogP) is 4.84. The van der Waals surface area contributed by atoms with Gasteiger partial charge in [0.25, 0.3) is 11.1 Å². The lowest BCUT2D eigenvalue weighted by molar-refractivity contribution is 0.102. The maximum absolute atomic E-state index is 12.2. The molecule has 3 rings (SSSR count). The van der Waals surface area contributed by atoms with E-state index < -0.39 is 0 Å². The van der Waals surface area contributed by atoms with E-state index in [9.17, 15) is 4.79 Å². The van der Waals surface area contributed by atoms with Crippen LogP contribution < -0.4 is 4.74 Å². The molecule has 1 aromatic heterocycles. The van der Waals surface area contributed by atoms with Gasteiger partial charge in [-0.05, 0) is 36.2 Å². The zero-order valence-corrected chi connectivity index (χ0v) is 15.7. The van der Waals surface area contributed by atoms with Crippen LogP contribution in [-0.4, -0.2) is 21.7 Å². The van der Waals surface area contributed by atoms with Crippen molar-refractivity contribution in [1.82, 2.24) is 10.2 Å². The van der Waals surface area contributed by atoms with Crippen molar-refractivity contribution in [3.05, 3.63) is 70.6 Å². The van der Waals surface area contributed by atoms with Crippen molar-refractivity contribution < 1.29 is 13.9 Å². The minimum Gasteiger partial charge on any atom is -0.484 e. The first-order chi connectivity index (χ1) is 12.6. The molecule has 0 radical (unpaired) electrons. The average Bonchev–Trinajstić information content (AvgIpc) is 3.13. The summed E-state index contributed by atoms with van der Waals surface area (Å²) in [5.74, 6) is 1.27. The number of benzene rings is 2. The average molecular weight is 389 g/mol. The Labute approximate surface area is 160 Å². The van der Waals surface area contributed by atoms with Crippen molar-refractivity contribution in [2.24, 2.45) is 0 Å². The number of rotatable bonds is 8. The van der Waals surface area contributed by atoms with Gasteiger partial charge >= 0.3 is 0 Å². The topological polar surface area (TPSA) is 65.2 Å². The van der Waals surface area contributed by atoms with E-state index in [0.29, 0.717) is 27.4 Å². The van der Waals surface area contributed by atoms with Crippen molar-refractivity contribution in [3.8, 4) is 5.75 Å². The second kappa shape index (κ2) is 8.87. The molecule has 0 aliphatic heterocycles. The SMILES string of the molecule is CCc1ccc(C(=O)CSc2nnc(COc3ccc(Cl)cc3)o2)cc1. The maximum Gasteiger partial charge on any atom is 0.277 e. The molecule has 0 aliphatic rings. The van der Waals surface area contributed by atoms with E-state index >= 15 is 0 Å². The minimum atomic E-state index is 0.0230. The fraction of sp³-hybridized carbons (Fsp3) is 0.211. The van der Waals surface area contributed by atoms with Crippen LogP contribution in [0.2, 0.25) is 5.02 Å². The van der Waals surface area contributed by atoms with Crippen LogP contribution >= 0.6 is 23.4 Å². The number of aromatic nitrogens is 2. The Morgan fingerprint density at radius 2 is 1.85 bits per heavy atom. The van der Waals surface area contributed by atoms with Gasteiger partial charge < -0.3 is 9.15 Å². The van der Waals surface area contributed by atoms with Crippen molar-refractivity contribution in [2.75, 3.05) is 5.75 Å². The molecule has 134 valence electrons. The number of ketones is 1. The number of aryl methyl sites for hydroxylation is 1. The monoisotopic (exact) mass is 388 g/mol. The molecule has 0 amide bonds. The first kappa shape index (κ1) is 18.5. The van der Waals surface area contributed by atoms with Gasteiger partial charge in [-0.15, -0.1) is 10.2 Å². The van der Waals surface area contributed by atoms with Gasteiger partial charge in [-0.2, -0.15) is 0 Å². The number of halogens is 1. The van der Waals surface area contributed by atoms with Gasteiger partial charge in [0, 0.05) is 10.6 Å². The summed E-state index contributed by atoms with van der Waals surface area (Å²) in [7, 11) is 0. The summed E-state index contributed by atoms with van der Waals surface area (Å²) in [6.45, 7) is 2.23. The van der Waals surface area contributed by atoms with E-state index in [-0.39, 0.29) is 18.1 Å².